The minimum absolute atomic E-state index is 0.179. The Hall–Kier alpha value is -0.870. The molecule has 0 heterocycles. The van der Waals surface area contributed by atoms with Crippen LogP contribution in [0.25, 0.3) is 0 Å². The summed E-state index contributed by atoms with van der Waals surface area (Å²) in [5.74, 6) is 0.669. The molecule has 1 unspecified atom stereocenters. The van der Waals surface area contributed by atoms with Crippen molar-refractivity contribution >= 4 is 7.82 Å². The van der Waals surface area contributed by atoms with E-state index >= 15 is 0 Å². The van der Waals surface area contributed by atoms with E-state index in [9.17, 15) is 9.46 Å². The standard InChI is InChI=1S/C8H11O5P/c1-12-8-4-2-7(3-5-8)6-13-14(9,10)11/h2-5H,6H2,1H3,(H2,9,10,11)/p-1. The Labute approximate surface area is 81.5 Å². The van der Waals surface area contributed by atoms with Crippen molar-refractivity contribution in [3.05, 3.63) is 29.8 Å². The molecule has 5 nitrogen and oxygen atoms in total. The first-order chi connectivity index (χ1) is 6.51. The highest BCUT2D eigenvalue weighted by molar-refractivity contribution is 7.44. The van der Waals surface area contributed by atoms with Gasteiger partial charge in [-0.2, -0.15) is 0 Å². The minimum atomic E-state index is -4.63. The summed E-state index contributed by atoms with van der Waals surface area (Å²) in [5, 5.41) is 0. The van der Waals surface area contributed by atoms with Gasteiger partial charge in [0.1, 0.15) is 5.75 Å². The highest BCUT2D eigenvalue weighted by Crippen LogP contribution is 2.31. The maximum atomic E-state index is 10.3. The van der Waals surface area contributed by atoms with E-state index in [0.717, 1.165) is 0 Å². The van der Waals surface area contributed by atoms with Crippen LogP contribution in [0.2, 0.25) is 0 Å². The van der Waals surface area contributed by atoms with Gasteiger partial charge in [-0.25, -0.2) is 0 Å². The van der Waals surface area contributed by atoms with Gasteiger partial charge in [0.15, 0.2) is 0 Å². The molecular weight excluding hydrogens is 207 g/mol. The summed E-state index contributed by atoms with van der Waals surface area (Å²) >= 11 is 0. The van der Waals surface area contributed by atoms with Crippen molar-refractivity contribution in [2.75, 3.05) is 7.11 Å². The lowest BCUT2D eigenvalue weighted by Crippen LogP contribution is -2.03. The fourth-order valence-corrected chi connectivity index (χ4v) is 1.19. The molecule has 1 rings (SSSR count). The van der Waals surface area contributed by atoms with Crippen molar-refractivity contribution in [3.63, 3.8) is 0 Å². The average molecular weight is 217 g/mol. The second-order valence-electron chi connectivity index (χ2n) is 2.59. The first-order valence-corrected chi connectivity index (χ1v) is 5.32. The summed E-state index contributed by atoms with van der Waals surface area (Å²) in [6.07, 6.45) is 0. The lowest BCUT2D eigenvalue weighted by Gasteiger charge is -2.15. The zero-order valence-electron chi connectivity index (χ0n) is 7.54. The Morgan fingerprint density at radius 1 is 1.43 bits per heavy atom. The van der Waals surface area contributed by atoms with E-state index in [-0.39, 0.29) is 6.61 Å². The monoisotopic (exact) mass is 217 g/mol. The second-order valence-corrected chi connectivity index (χ2v) is 3.79. The molecule has 0 aliphatic heterocycles. The predicted octanol–water partition coefficient (Wildman–Crippen LogP) is 0.672. The Bertz CT molecular complexity index is 328. The number of benzene rings is 1. The van der Waals surface area contributed by atoms with Crippen LogP contribution in [0.5, 0.6) is 5.75 Å². The van der Waals surface area contributed by atoms with Crippen LogP contribution in [0.1, 0.15) is 5.56 Å². The topological polar surface area (TPSA) is 78.8 Å². The zero-order valence-corrected chi connectivity index (χ0v) is 8.44. The summed E-state index contributed by atoms with van der Waals surface area (Å²) in [4.78, 5) is 18.6. The van der Waals surface area contributed by atoms with Crippen LogP contribution in [0.15, 0.2) is 24.3 Å². The molecule has 6 heteroatoms. The summed E-state index contributed by atoms with van der Waals surface area (Å²) < 4.78 is 19.4. The van der Waals surface area contributed by atoms with Crippen molar-refractivity contribution in [2.24, 2.45) is 0 Å². The number of rotatable bonds is 4. The van der Waals surface area contributed by atoms with E-state index < -0.39 is 7.82 Å². The van der Waals surface area contributed by atoms with E-state index in [1.54, 1.807) is 24.3 Å². The van der Waals surface area contributed by atoms with Crippen LogP contribution in [0.4, 0.5) is 0 Å². The molecule has 0 aliphatic carbocycles. The molecule has 1 aromatic carbocycles. The number of phosphoric ester groups is 1. The Kier molecular flexibility index (Phi) is 3.66. The molecule has 0 saturated heterocycles. The first-order valence-electron chi connectivity index (χ1n) is 3.82. The van der Waals surface area contributed by atoms with Gasteiger partial charge >= 0.3 is 0 Å². The highest BCUT2D eigenvalue weighted by Gasteiger charge is 2.02. The molecule has 0 bridgehead atoms. The molecule has 0 radical (unpaired) electrons. The number of hydrogen-bond acceptors (Lipinski definition) is 4. The molecule has 14 heavy (non-hydrogen) atoms. The van der Waals surface area contributed by atoms with Crippen LogP contribution in [-0.4, -0.2) is 12.0 Å². The maximum absolute atomic E-state index is 10.3. The first kappa shape index (κ1) is 11.2. The van der Waals surface area contributed by atoms with Crippen LogP contribution < -0.4 is 9.63 Å². The second kappa shape index (κ2) is 4.57. The van der Waals surface area contributed by atoms with Crippen LogP contribution in [0.3, 0.4) is 0 Å². The smallest absolute Gasteiger partial charge is 0.265 e. The molecule has 0 saturated carbocycles. The minimum Gasteiger partial charge on any atom is -0.756 e. The molecule has 78 valence electrons. The van der Waals surface area contributed by atoms with Gasteiger partial charge in [0.05, 0.1) is 13.7 Å². The molecule has 0 amide bonds. The maximum Gasteiger partial charge on any atom is 0.265 e. The molecule has 0 spiro atoms. The number of ether oxygens (including phenoxy) is 1. The van der Waals surface area contributed by atoms with Crippen LogP contribution >= 0.6 is 7.82 Å². The lowest BCUT2D eigenvalue weighted by molar-refractivity contribution is -0.220. The van der Waals surface area contributed by atoms with Crippen molar-refractivity contribution in [1.82, 2.24) is 0 Å². The summed E-state index contributed by atoms with van der Waals surface area (Å²) in [6, 6.07) is 6.64. The van der Waals surface area contributed by atoms with Crippen LogP contribution in [0, 0.1) is 0 Å². The van der Waals surface area contributed by atoms with Gasteiger partial charge in [-0.05, 0) is 17.7 Å². The summed E-state index contributed by atoms with van der Waals surface area (Å²) in [6.45, 7) is -0.179. The van der Waals surface area contributed by atoms with Crippen molar-refractivity contribution in [1.29, 1.82) is 0 Å². The van der Waals surface area contributed by atoms with E-state index in [1.807, 2.05) is 0 Å². The number of phosphoric acid groups is 1. The number of methoxy groups -OCH3 is 1. The molecule has 0 fully saturated rings. The van der Waals surface area contributed by atoms with Crippen molar-refractivity contribution < 1.29 is 23.6 Å². The fourth-order valence-electron chi connectivity index (χ4n) is 0.878. The van der Waals surface area contributed by atoms with Gasteiger partial charge < -0.3 is 19.0 Å². The molecular formula is C8H10O5P-. The molecule has 1 N–H and O–H groups in total. The molecule has 1 atom stereocenters. The lowest BCUT2D eigenvalue weighted by atomic mass is 10.2. The molecule has 0 aliphatic rings. The van der Waals surface area contributed by atoms with Crippen molar-refractivity contribution in [2.45, 2.75) is 6.61 Å². The normalized spacial score (nSPS) is 14.8. The van der Waals surface area contributed by atoms with Gasteiger partial charge in [-0.3, -0.25) is 4.57 Å². The average Bonchev–Trinajstić information content (AvgIpc) is 2.14. The van der Waals surface area contributed by atoms with E-state index in [1.165, 1.54) is 7.11 Å². The summed E-state index contributed by atoms with van der Waals surface area (Å²) in [7, 11) is -3.10. The van der Waals surface area contributed by atoms with E-state index in [4.69, 9.17) is 9.63 Å². The quantitative estimate of drug-likeness (QED) is 0.750. The Balaban J connectivity index is 2.56. The highest BCUT2D eigenvalue weighted by atomic mass is 31.2. The van der Waals surface area contributed by atoms with E-state index in [0.29, 0.717) is 11.3 Å². The third-order valence-corrected chi connectivity index (χ3v) is 2.01. The largest absolute Gasteiger partial charge is 0.756 e. The Morgan fingerprint density at radius 3 is 2.43 bits per heavy atom. The summed E-state index contributed by atoms with van der Waals surface area (Å²) in [5.41, 5.74) is 0.635. The number of hydrogen-bond donors (Lipinski definition) is 1. The SMILES string of the molecule is COc1ccc(COP(=O)([O-])O)cc1. The van der Waals surface area contributed by atoms with Gasteiger partial charge in [0.2, 0.25) is 0 Å². The van der Waals surface area contributed by atoms with Crippen molar-refractivity contribution in [3.8, 4) is 5.75 Å². The van der Waals surface area contributed by atoms with Crippen LogP contribution in [-0.2, 0) is 15.7 Å². The predicted molar refractivity (Wildman–Crippen MR) is 47.6 cm³/mol. The van der Waals surface area contributed by atoms with Gasteiger partial charge in [0.25, 0.3) is 7.82 Å². The van der Waals surface area contributed by atoms with Gasteiger partial charge in [-0.15, -0.1) is 0 Å². The molecule has 0 aromatic heterocycles. The third-order valence-electron chi connectivity index (χ3n) is 1.55. The third kappa shape index (κ3) is 3.89. The van der Waals surface area contributed by atoms with Gasteiger partial charge in [-0.1, -0.05) is 12.1 Å². The van der Waals surface area contributed by atoms with E-state index in [2.05, 4.69) is 4.52 Å². The Morgan fingerprint density at radius 2 is 2.00 bits per heavy atom. The fraction of sp³-hybridized carbons (Fsp3) is 0.250. The zero-order chi connectivity index (χ0) is 10.6. The van der Waals surface area contributed by atoms with Gasteiger partial charge in [0, 0.05) is 0 Å². The molecule has 1 aromatic rings.